The Bertz CT molecular complexity index is 1020. The Morgan fingerprint density at radius 3 is 2.08 bits per heavy atom. The zero-order valence-corrected chi connectivity index (χ0v) is 23.0. The highest BCUT2D eigenvalue weighted by atomic mass is 16.5. The van der Waals surface area contributed by atoms with Crippen LogP contribution in [0.3, 0.4) is 0 Å². The quantitative estimate of drug-likeness (QED) is 0.290. The molecule has 1 fully saturated rings. The van der Waals surface area contributed by atoms with Crippen LogP contribution in [-0.4, -0.2) is 32.4 Å². The molecule has 0 amide bonds. The number of carbonyl (C=O) groups is 2. The zero-order chi connectivity index (χ0) is 26.5. The number of benzene rings is 2. The first-order valence-electron chi connectivity index (χ1n) is 12.9. The lowest BCUT2D eigenvalue weighted by Gasteiger charge is -2.52. The lowest BCUT2D eigenvalue weighted by Crippen LogP contribution is -2.49. The summed E-state index contributed by atoms with van der Waals surface area (Å²) >= 11 is 0. The van der Waals surface area contributed by atoms with Gasteiger partial charge in [-0.25, -0.2) is 0 Å². The molecule has 5 nitrogen and oxygen atoms in total. The Hall–Kier alpha value is -2.66. The van der Waals surface area contributed by atoms with Crippen LogP contribution >= 0.6 is 0 Å². The summed E-state index contributed by atoms with van der Waals surface area (Å²) in [5.41, 5.74) is 2.59. The van der Waals surface area contributed by atoms with E-state index >= 15 is 0 Å². The molecule has 36 heavy (non-hydrogen) atoms. The average Bonchev–Trinajstić information content (AvgIpc) is 2.83. The number of hydrogen-bond acceptors (Lipinski definition) is 5. The predicted octanol–water partition coefficient (Wildman–Crippen LogP) is 6.69. The van der Waals surface area contributed by atoms with Crippen molar-refractivity contribution >= 4 is 11.6 Å². The first kappa shape index (κ1) is 27.9. The van der Waals surface area contributed by atoms with Gasteiger partial charge in [-0.1, -0.05) is 51.1 Å². The smallest absolute Gasteiger partial charge is 0.137 e. The van der Waals surface area contributed by atoms with Crippen molar-refractivity contribution in [2.45, 2.75) is 72.8 Å². The summed E-state index contributed by atoms with van der Waals surface area (Å²) in [6, 6.07) is 14.0. The van der Waals surface area contributed by atoms with Crippen LogP contribution in [-0.2, 0) is 20.9 Å². The molecule has 0 radical (unpaired) electrons. The van der Waals surface area contributed by atoms with Crippen molar-refractivity contribution in [3.05, 3.63) is 59.2 Å². The van der Waals surface area contributed by atoms with Gasteiger partial charge in [0.25, 0.3) is 0 Å². The van der Waals surface area contributed by atoms with Crippen molar-refractivity contribution in [3.63, 3.8) is 0 Å². The molecule has 0 spiro atoms. The van der Waals surface area contributed by atoms with E-state index < -0.39 is 5.41 Å². The largest absolute Gasteiger partial charge is 0.496 e. The number of hydrogen-bond donors (Lipinski definition) is 0. The van der Waals surface area contributed by atoms with E-state index in [1.165, 1.54) is 0 Å². The Morgan fingerprint density at radius 2 is 1.58 bits per heavy atom. The molecule has 2 aromatic carbocycles. The summed E-state index contributed by atoms with van der Waals surface area (Å²) in [7, 11) is 3.29. The molecule has 2 aromatic rings. The van der Waals surface area contributed by atoms with Gasteiger partial charge in [0.1, 0.15) is 23.1 Å². The molecule has 0 saturated heterocycles. The fraction of sp³-hybridized carbons (Fsp3) is 0.548. The molecular weight excluding hydrogens is 452 g/mol. The van der Waals surface area contributed by atoms with E-state index in [0.29, 0.717) is 26.1 Å². The van der Waals surface area contributed by atoms with Gasteiger partial charge in [-0.3, -0.25) is 9.59 Å². The van der Waals surface area contributed by atoms with Gasteiger partial charge in [0.05, 0.1) is 20.8 Å². The van der Waals surface area contributed by atoms with Crippen LogP contribution in [0.25, 0.3) is 0 Å². The first-order valence-corrected chi connectivity index (χ1v) is 12.9. The summed E-state index contributed by atoms with van der Waals surface area (Å²) in [5.74, 6) is 1.37. The second kappa shape index (κ2) is 11.6. The third-order valence-corrected chi connectivity index (χ3v) is 7.90. The molecule has 1 aliphatic rings. The molecule has 0 aliphatic heterocycles. The molecule has 0 aromatic heterocycles. The van der Waals surface area contributed by atoms with Crippen LogP contribution in [0.1, 0.15) is 76.0 Å². The van der Waals surface area contributed by atoms with Crippen molar-refractivity contribution in [1.29, 1.82) is 0 Å². The molecular formula is C31H42O5. The Labute approximate surface area is 216 Å². The molecule has 0 bridgehead atoms. The van der Waals surface area contributed by atoms with E-state index in [4.69, 9.17) is 14.2 Å². The van der Waals surface area contributed by atoms with E-state index in [-0.39, 0.29) is 28.8 Å². The second-order valence-corrected chi connectivity index (χ2v) is 11.3. The summed E-state index contributed by atoms with van der Waals surface area (Å²) in [6.45, 7) is 11.0. The minimum absolute atomic E-state index is 0.0849. The van der Waals surface area contributed by atoms with Crippen LogP contribution in [0.5, 0.6) is 11.5 Å². The topological polar surface area (TPSA) is 61.8 Å². The van der Waals surface area contributed by atoms with Gasteiger partial charge in [-0.2, -0.15) is 0 Å². The van der Waals surface area contributed by atoms with Gasteiger partial charge in [0.15, 0.2) is 0 Å². The van der Waals surface area contributed by atoms with Crippen LogP contribution in [0.4, 0.5) is 0 Å². The lowest BCUT2D eigenvalue weighted by molar-refractivity contribution is -0.147. The van der Waals surface area contributed by atoms with E-state index in [1.54, 1.807) is 21.1 Å². The van der Waals surface area contributed by atoms with Gasteiger partial charge < -0.3 is 14.2 Å². The number of carbonyl (C=O) groups excluding carboxylic acids is 2. The monoisotopic (exact) mass is 494 g/mol. The fourth-order valence-corrected chi connectivity index (χ4v) is 6.01. The minimum atomic E-state index is -0.536. The molecule has 0 N–H and O–H groups in total. The highest BCUT2D eigenvalue weighted by Gasteiger charge is 2.53. The van der Waals surface area contributed by atoms with Gasteiger partial charge in [-0.15, -0.1) is 0 Å². The maximum Gasteiger partial charge on any atom is 0.137 e. The first-order chi connectivity index (χ1) is 17.0. The molecule has 1 saturated carbocycles. The molecule has 3 rings (SSSR count). The highest BCUT2D eigenvalue weighted by Crippen LogP contribution is 2.57. The number of Topliss-reactive ketones (excluding diaryl/α,β-unsaturated/α-hetero) is 2. The van der Waals surface area contributed by atoms with E-state index in [2.05, 4.69) is 20.8 Å². The number of rotatable bonds is 13. The van der Waals surface area contributed by atoms with E-state index in [1.807, 2.05) is 49.4 Å². The highest BCUT2D eigenvalue weighted by molar-refractivity contribution is 5.92. The van der Waals surface area contributed by atoms with Crippen LogP contribution in [0.15, 0.2) is 42.5 Å². The molecule has 1 unspecified atom stereocenters. The van der Waals surface area contributed by atoms with Crippen molar-refractivity contribution in [3.8, 4) is 11.5 Å². The Morgan fingerprint density at radius 1 is 1.00 bits per heavy atom. The van der Waals surface area contributed by atoms with Gasteiger partial charge in [0.2, 0.25) is 0 Å². The fourth-order valence-electron chi connectivity index (χ4n) is 6.01. The number of ketones is 2. The number of methoxy groups -OCH3 is 2. The summed E-state index contributed by atoms with van der Waals surface area (Å²) in [4.78, 5) is 26.5. The summed E-state index contributed by atoms with van der Waals surface area (Å²) in [5, 5.41) is 0. The van der Waals surface area contributed by atoms with Crippen molar-refractivity contribution in [2.75, 3.05) is 20.8 Å². The van der Waals surface area contributed by atoms with Gasteiger partial charge in [-0.05, 0) is 67.7 Å². The Kier molecular flexibility index (Phi) is 8.99. The molecule has 1 aliphatic carbocycles. The molecule has 0 heterocycles. The maximum absolute atomic E-state index is 13.9. The third kappa shape index (κ3) is 6.36. The van der Waals surface area contributed by atoms with Crippen LogP contribution < -0.4 is 9.47 Å². The zero-order valence-electron chi connectivity index (χ0n) is 23.0. The summed E-state index contributed by atoms with van der Waals surface area (Å²) in [6.07, 6.45) is 2.40. The minimum Gasteiger partial charge on any atom is -0.496 e. The van der Waals surface area contributed by atoms with Gasteiger partial charge >= 0.3 is 0 Å². The average molecular weight is 495 g/mol. The number of ether oxygens (including phenoxy) is 3. The molecule has 5 heteroatoms. The SMILES string of the molecule is COc1cc([C@@H](C)C(CCOCc2ccccc2)C(=O)CC2(C(C)=O)CC(C)(C)C2)cc(OC)c1C. The lowest BCUT2D eigenvalue weighted by atomic mass is 9.51. The Balaban J connectivity index is 1.82. The van der Waals surface area contributed by atoms with E-state index in [9.17, 15) is 9.59 Å². The van der Waals surface area contributed by atoms with Crippen LogP contribution in [0.2, 0.25) is 0 Å². The standard InChI is InChI=1S/C31H42O5/c1-21(25-15-28(34-6)22(2)29(16-25)35-7)26(13-14-36-18-24-11-9-8-10-12-24)27(33)17-31(23(3)32)19-30(4,5)20-31/h8-12,15-16,21,26H,13-14,17-20H2,1-7H3/t21-,26?/m1/s1. The third-order valence-electron chi connectivity index (χ3n) is 7.90. The second-order valence-electron chi connectivity index (χ2n) is 11.3. The van der Waals surface area contributed by atoms with Crippen LogP contribution in [0, 0.1) is 23.7 Å². The maximum atomic E-state index is 13.9. The van der Waals surface area contributed by atoms with E-state index in [0.717, 1.165) is 41.0 Å². The predicted molar refractivity (Wildman–Crippen MR) is 143 cm³/mol. The normalized spacial score (nSPS) is 17.5. The van der Waals surface area contributed by atoms with Crippen molar-refractivity contribution < 1.29 is 23.8 Å². The molecule has 2 atom stereocenters. The van der Waals surface area contributed by atoms with Crippen molar-refractivity contribution in [2.24, 2.45) is 16.7 Å². The van der Waals surface area contributed by atoms with Gasteiger partial charge in [0, 0.05) is 29.9 Å². The molecule has 196 valence electrons. The summed E-state index contributed by atoms with van der Waals surface area (Å²) < 4.78 is 17.2. The van der Waals surface area contributed by atoms with Crippen molar-refractivity contribution in [1.82, 2.24) is 0 Å².